The van der Waals surface area contributed by atoms with Crippen molar-refractivity contribution in [1.29, 1.82) is 0 Å². The van der Waals surface area contributed by atoms with Crippen LogP contribution in [0.25, 0.3) is 0 Å². The molecule has 0 fully saturated rings. The molecule has 1 aliphatic carbocycles. The van der Waals surface area contributed by atoms with Gasteiger partial charge in [-0.15, -0.1) is 0 Å². The molecule has 2 nitrogen and oxygen atoms in total. The third-order valence-electron chi connectivity index (χ3n) is 3.00. The molecule has 2 unspecified atom stereocenters. The van der Waals surface area contributed by atoms with Crippen molar-refractivity contribution >= 4 is 0 Å². The molecule has 0 aromatic carbocycles. The van der Waals surface area contributed by atoms with Gasteiger partial charge in [0.05, 0.1) is 0 Å². The van der Waals surface area contributed by atoms with Crippen LogP contribution in [0.15, 0.2) is 11.1 Å². The lowest BCUT2D eigenvalue weighted by Gasteiger charge is -2.30. The monoisotopic (exact) mass is 170 g/mol. The molecule has 70 valence electrons. The molecule has 2 heteroatoms. The Morgan fingerprint density at radius 2 is 1.33 bits per heavy atom. The van der Waals surface area contributed by atoms with Gasteiger partial charge in [-0.05, 0) is 38.5 Å². The van der Waals surface area contributed by atoms with E-state index in [2.05, 4.69) is 13.8 Å². The third kappa shape index (κ3) is 1.87. The standard InChI is InChI=1S/C10H18O2/c1-7-3-9(5-11)10(6-12)4-8(7)2/h9-12H,3-6H2,1-2H3. The summed E-state index contributed by atoms with van der Waals surface area (Å²) < 4.78 is 0. The van der Waals surface area contributed by atoms with E-state index in [-0.39, 0.29) is 25.0 Å². The molecule has 0 radical (unpaired) electrons. The summed E-state index contributed by atoms with van der Waals surface area (Å²) in [4.78, 5) is 0. The van der Waals surface area contributed by atoms with Crippen molar-refractivity contribution in [2.24, 2.45) is 11.8 Å². The number of rotatable bonds is 2. The van der Waals surface area contributed by atoms with Gasteiger partial charge in [-0.25, -0.2) is 0 Å². The van der Waals surface area contributed by atoms with Crippen LogP contribution < -0.4 is 0 Å². The molecule has 1 aliphatic rings. The average molecular weight is 170 g/mol. The second kappa shape index (κ2) is 4.06. The first-order valence-electron chi connectivity index (χ1n) is 4.56. The van der Waals surface area contributed by atoms with Crippen molar-refractivity contribution in [3.63, 3.8) is 0 Å². The minimum absolute atomic E-state index is 0.204. The van der Waals surface area contributed by atoms with Crippen LogP contribution in [0.3, 0.4) is 0 Å². The fourth-order valence-corrected chi connectivity index (χ4v) is 1.90. The Bertz CT molecular complexity index is 164. The number of aliphatic hydroxyl groups is 2. The molecular formula is C10H18O2. The molecule has 0 heterocycles. The molecule has 0 bridgehead atoms. The Labute approximate surface area is 73.9 Å². The van der Waals surface area contributed by atoms with Crippen LogP contribution in [0, 0.1) is 11.8 Å². The zero-order valence-electron chi connectivity index (χ0n) is 7.88. The number of hydrogen-bond donors (Lipinski definition) is 2. The van der Waals surface area contributed by atoms with Gasteiger partial charge in [0.15, 0.2) is 0 Å². The third-order valence-corrected chi connectivity index (χ3v) is 3.00. The summed E-state index contributed by atoms with van der Waals surface area (Å²) in [7, 11) is 0. The van der Waals surface area contributed by atoms with Crippen LogP contribution in [-0.2, 0) is 0 Å². The van der Waals surface area contributed by atoms with E-state index in [1.807, 2.05) is 0 Å². The largest absolute Gasteiger partial charge is 0.396 e. The Balaban J connectivity index is 2.68. The number of allylic oxidation sites excluding steroid dienone is 2. The quantitative estimate of drug-likeness (QED) is 0.614. The van der Waals surface area contributed by atoms with E-state index in [1.54, 1.807) is 0 Å². The highest BCUT2D eigenvalue weighted by Crippen LogP contribution is 2.33. The van der Waals surface area contributed by atoms with E-state index in [0.29, 0.717) is 0 Å². The van der Waals surface area contributed by atoms with Crippen LogP contribution in [0.5, 0.6) is 0 Å². The predicted octanol–water partition coefficient (Wildman–Crippen LogP) is 1.33. The first-order chi connectivity index (χ1) is 5.69. The highest BCUT2D eigenvalue weighted by molar-refractivity contribution is 5.15. The van der Waals surface area contributed by atoms with Crippen LogP contribution in [0.2, 0.25) is 0 Å². The lowest BCUT2D eigenvalue weighted by Crippen LogP contribution is -2.26. The fraction of sp³-hybridized carbons (Fsp3) is 0.800. The first-order valence-corrected chi connectivity index (χ1v) is 4.56. The SMILES string of the molecule is CC1=C(C)CC(CO)C(CO)C1. The minimum Gasteiger partial charge on any atom is -0.396 e. The second-order valence-corrected chi connectivity index (χ2v) is 3.85. The zero-order valence-corrected chi connectivity index (χ0v) is 7.88. The molecule has 2 N–H and O–H groups in total. The van der Waals surface area contributed by atoms with Crippen molar-refractivity contribution in [1.82, 2.24) is 0 Å². The maximum atomic E-state index is 9.06. The Kier molecular flexibility index (Phi) is 3.29. The Hall–Kier alpha value is -0.340. The second-order valence-electron chi connectivity index (χ2n) is 3.85. The summed E-state index contributed by atoms with van der Waals surface area (Å²) in [5.41, 5.74) is 2.78. The molecule has 1 rings (SSSR count). The molecule has 0 aromatic heterocycles. The van der Waals surface area contributed by atoms with Crippen molar-refractivity contribution < 1.29 is 10.2 Å². The van der Waals surface area contributed by atoms with E-state index in [9.17, 15) is 0 Å². The summed E-state index contributed by atoms with van der Waals surface area (Å²) in [6, 6.07) is 0. The highest BCUT2D eigenvalue weighted by atomic mass is 16.3. The van der Waals surface area contributed by atoms with Crippen LogP contribution in [0.1, 0.15) is 26.7 Å². The van der Waals surface area contributed by atoms with Gasteiger partial charge in [0.25, 0.3) is 0 Å². The maximum Gasteiger partial charge on any atom is 0.0465 e. The molecule has 0 amide bonds. The van der Waals surface area contributed by atoms with Crippen LogP contribution >= 0.6 is 0 Å². The van der Waals surface area contributed by atoms with E-state index in [0.717, 1.165) is 12.8 Å². The number of hydrogen-bond acceptors (Lipinski definition) is 2. The summed E-state index contributed by atoms with van der Waals surface area (Å²) in [5.74, 6) is 0.553. The van der Waals surface area contributed by atoms with Crippen LogP contribution in [-0.4, -0.2) is 23.4 Å². The van der Waals surface area contributed by atoms with E-state index in [4.69, 9.17) is 10.2 Å². The van der Waals surface area contributed by atoms with E-state index < -0.39 is 0 Å². The fourth-order valence-electron chi connectivity index (χ4n) is 1.90. The van der Waals surface area contributed by atoms with Gasteiger partial charge in [0.1, 0.15) is 0 Å². The maximum absolute atomic E-state index is 9.06. The molecule has 0 aromatic rings. The van der Waals surface area contributed by atoms with Crippen molar-refractivity contribution in [3.8, 4) is 0 Å². The average Bonchev–Trinajstić information content (AvgIpc) is 2.09. The van der Waals surface area contributed by atoms with Crippen molar-refractivity contribution in [3.05, 3.63) is 11.1 Å². The smallest absolute Gasteiger partial charge is 0.0465 e. The minimum atomic E-state index is 0.204. The van der Waals surface area contributed by atoms with E-state index in [1.165, 1.54) is 11.1 Å². The summed E-state index contributed by atoms with van der Waals surface area (Å²) in [5, 5.41) is 18.1. The van der Waals surface area contributed by atoms with Gasteiger partial charge < -0.3 is 10.2 Å². The van der Waals surface area contributed by atoms with Gasteiger partial charge in [0, 0.05) is 13.2 Å². The lowest BCUT2D eigenvalue weighted by atomic mass is 9.77. The molecule has 2 atom stereocenters. The van der Waals surface area contributed by atoms with Crippen molar-refractivity contribution in [2.75, 3.05) is 13.2 Å². The van der Waals surface area contributed by atoms with Crippen LogP contribution in [0.4, 0.5) is 0 Å². The summed E-state index contributed by atoms with van der Waals surface area (Å²) in [6.07, 6.45) is 1.90. The van der Waals surface area contributed by atoms with Gasteiger partial charge in [-0.3, -0.25) is 0 Å². The molecule has 0 aliphatic heterocycles. The van der Waals surface area contributed by atoms with Gasteiger partial charge >= 0.3 is 0 Å². The van der Waals surface area contributed by atoms with Gasteiger partial charge in [-0.1, -0.05) is 11.1 Å². The highest BCUT2D eigenvalue weighted by Gasteiger charge is 2.25. The molecule has 0 saturated heterocycles. The normalized spacial score (nSPS) is 31.0. The predicted molar refractivity (Wildman–Crippen MR) is 48.8 cm³/mol. The summed E-state index contributed by atoms with van der Waals surface area (Å²) in [6.45, 7) is 4.64. The molecule has 0 spiro atoms. The number of aliphatic hydroxyl groups excluding tert-OH is 2. The Morgan fingerprint density at radius 1 is 1.00 bits per heavy atom. The Morgan fingerprint density at radius 3 is 1.58 bits per heavy atom. The van der Waals surface area contributed by atoms with Crippen molar-refractivity contribution in [2.45, 2.75) is 26.7 Å². The topological polar surface area (TPSA) is 40.5 Å². The zero-order chi connectivity index (χ0) is 9.14. The molecule has 12 heavy (non-hydrogen) atoms. The molecule has 0 saturated carbocycles. The first kappa shape index (κ1) is 9.75. The lowest BCUT2D eigenvalue weighted by molar-refractivity contribution is 0.113. The summed E-state index contributed by atoms with van der Waals surface area (Å²) >= 11 is 0. The molecular weight excluding hydrogens is 152 g/mol. The van der Waals surface area contributed by atoms with E-state index >= 15 is 0 Å². The van der Waals surface area contributed by atoms with Gasteiger partial charge in [-0.2, -0.15) is 0 Å². The van der Waals surface area contributed by atoms with Gasteiger partial charge in [0.2, 0.25) is 0 Å².